The van der Waals surface area contributed by atoms with Crippen LogP contribution in [0.5, 0.6) is 0 Å². The summed E-state index contributed by atoms with van der Waals surface area (Å²) in [7, 11) is 0. The second kappa shape index (κ2) is 6.86. The summed E-state index contributed by atoms with van der Waals surface area (Å²) in [5.74, 6) is -0.928. The van der Waals surface area contributed by atoms with E-state index in [0.29, 0.717) is 19.8 Å². The maximum Gasteiger partial charge on any atom is 0.305 e. The molecule has 1 amide bonds. The summed E-state index contributed by atoms with van der Waals surface area (Å²) >= 11 is 0. The van der Waals surface area contributed by atoms with Crippen LogP contribution in [-0.4, -0.2) is 60.4 Å². The molecule has 6 heteroatoms. The van der Waals surface area contributed by atoms with Crippen molar-refractivity contribution < 1.29 is 24.2 Å². The topological polar surface area (TPSA) is 76.1 Å². The number of amides is 1. The summed E-state index contributed by atoms with van der Waals surface area (Å²) in [6.45, 7) is 2.15. The van der Waals surface area contributed by atoms with Gasteiger partial charge in [0.15, 0.2) is 0 Å². The van der Waals surface area contributed by atoms with Gasteiger partial charge in [0.2, 0.25) is 0 Å². The highest BCUT2D eigenvalue weighted by molar-refractivity contribution is 5.82. The molecule has 2 rings (SSSR count). The number of carbonyl (C=O) groups is 2. The molecule has 108 valence electrons. The molecule has 1 N–H and O–H groups in total. The standard InChI is InChI=1S/C13H21NO5/c15-12(16)3-6-14(10-4-8-18-9-5-10)13(17)11-2-1-7-19-11/h10-11H,1-9H2,(H,15,16)/t11-/m1/s1. The minimum Gasteiger partial charge on any atom is -0.481 e. The van der Waals surface area contributed by atoms with Crippen molar-refractivity contribution in [3.63, 3.8) is 0 Å². The van der Waals surface area contributed by atoms with Crippen LogP contribution in [0.4, 0.5) is 0 Å². The maximum atomic E-state index is 12.4. The minimum absolute atomic E-state index is 0.0180. The molecule has 0 aromatic heterocycles. The van der Waals surface area contributed by atoms with Crippen LogP contribution in [0.1, 0.15) is 32.1 Å². The molecule has 2 fully saturated rings. The molecular formula is C13H21NO5. The smallest absolute Gasteiger partial charge is 0.305 e. The van der Waals surface area contributed by atoms with Gasteiger partial charge in [-0.3, -0.25) is 9.59 Å². The van der Waals surface area contributed by atoms with Crippen LogP contribution in [0, 0.1) is 0 Å². The van der Waals surface area contributed by atoms with E-state index in [1.54, 1.807) is 4.90 Å². The normalized spacial score (nSPS) is 24.3. The fraction of sp³-hybridized carbons (Fsp3) is 0.846. The Morgan fingerprint density at radius 3 is 2.47 bits per heavy atom. The first-order valence-corrected chi connectivity index (χ1v) is 6.90. The van der Waals surface area contributed by atoms with Crippen LogP contribution in [0.25, 0.3) is 0 Å². The summed E-state index contributed by atoms with van der Waals surface area (Å²) in [5.41, 5.74) is 0. The van der Waals surface area contributed by atoms with Crippen molar-refractivity contribution in [3.8, 4) is 0 Å². The Morgan fingerprint density at radius 1 is 1.16 bits per heavy atom. The first-order chi connectivity index (χ1) is 9.18. The maximum absolute atomic E-state index is 12.4. The van der Waals surface area contributed by atoms with E-state index >= 15 is 0 Å². The molecule has 0 aromatic rings. The molecule has 0 saturated carbocycles. The molecule has 0 bridgehead atoms. The number of rotatable bonds is 5. The molecule has 2 saturated heterocycles. The Balaban J connectivity index is 1.98. The Hall–Kier alpha value is -1.14. The van der Waals surface area contributed by atoms with Crippen molar-refractivity contribution >= 4 is 11.9 Å². The summed E-state index contributed by atoms with van der Waals surface area (Å²) in [4.78, 5) is 24.9. The van der Waals surface area contributed by atoms with Gasteiger partial charge >= 0.3 is 5.97 Å². The lowest BCUT2D eigenvalue weighted by Crippen LogP contribution is -2.48. The van der Waals surface area contributed by atoms with E-state index in [4.69, 9.17) is 14.6 Å². The molecule has 2 aliphatic heterocycles. The molecule has 2 aliphatic rings. The van der Waals surface area contributed by atoms with Gasteiger partial charge in [-0.25, -0.2) is 0 Å². The van der Waals surface area contributed by atoms with Gasteiger partial charge in [-0.05, 0) is 25.7 Å². The number of nitrogens with zero attached hydrogens (tertiary/aromatic N) is 1. The van der Waals surface area contributed by atoms with Gasteiger partial charge in [0.05, 0.1) is 6.42 Å². The average Bonchev–Trinajstić information content (AvgIpc) is 2.93. The van der Waals surface area contributed by atoms with E-state index in [2.05, 4.69) is 0 Å². The average molecular weight is 271 g/mol. The van der Waals surface area contributed by atoms with Gasteiger partial charge < -0.3 is 19.5 Å². The van der Waals surface area contributed by atoms with Gasteiger partial charge in [-0.15, -0.1) is 0 Å². The zero-order valence-electron chi connectivity index (χ0n) is 11.0. The van der Waals surface area contributed by atoms with E-state index in [1.807, 2.05) is 0 Å². The molecule has 0 aliphatic carbocycles. The van der Waals surface area contributed by atoms with Crippen molar-refractivity contribution in [3.05, 3.63) is 0 Å². The van der Waals surface area contributed by atoms with Crippen molar-refractivity contribution in [2.75, 3.05) is 26.4 Å². The summed E-state index contributed by atoms with van der Waals surface area (Å²) in [5, 5.41) is 8.81. The second-order valence-corrected chi connectivity index (χ2v) is 5.02. The molecule has 6 nitrogen and oxygen atoms in total. The summed E-state index contributed by atoms with van der Waals surface area (Å²) in [6, 6.07) is 0.0878. The van der Waals surface area contributed by atoms with Crippen LogP contribution in [0.15, 0.2) is 0 Å². The Bertz CT molecular complexity index is 321. The van der Waals surface area contributed by atoms with E-state index in [-0.39, 0.29) is 31.0 Å². The second-order valence-electron chi connectivity index (χ2n) is 5.02. The van der Waals surface area contributed by atoms with Gasteiger partial charge in [-0.1, -0.05) is 0 Å². The van der Waals surface area contributed by atoms with Crippen molar-refractivity contribution in [1.29, 1.82) is 0 Å². The quantitative estimate of drug-likeness (QED) is 0.794. The highest BCUT2D eigenvalue weighted by atomic mass is 16.5. The van der Waals surface area contributed by atoms with E-state index in [1.165, 1.54) is 0 Å². The predicted molar refractivity (Wildman–Crippen MR) is 66.8 cm³/mol. The van der Waals surface area contributed by atoms with Gasteiger partial charge in [0.1, 0.15) is 6.10 Å². The Labute approximate surface area is 112 Å². The Morgan fingerprint density at radius 2 is 1.89 bits per heavy atom. The third-order valence-corrected chi connectivity index (χ3v) is 3.69. The number of carbonyl (C=O) groups excluding carboxylic acids is 1. The zero-order chi connectivity index (χ0) is 13.7. The molecule has 1 atom stereocenters. The first-order valence-electron chi connectivity index (χ1n) is 6.90. The summed E-state index contributed by atoms with van der Waals surface area (Å²) in [6.07, 6.45) is 2.80. The van der Waals surface area contributed by atoms with E-state index in [9.17, 15) is 9.59 Å². The lowest BCUT2D eigenvalue weighted by atomic mass is 10.1. The highest BCUT2D eigenvalue weighted by Crippen LogP contribution is 2.21. The minimum atomic E-state index is -0.878. The Kier molecular flexibility index (Phi) is 5.15. The van der Waals surface area contributed by atoms with Gasteiger partial charge in [-0.2, -0.15) is 0 Å². The number of hydrogen-bond acceptors (Lipinski definition) is 4. The van der Waals surface area contributed by atoms with Crippen molar-refractivity contribution in [1.82, 2.24) is 4.90 Å². The van der Waals surface area contributed by atoms with Crippen molar-refractivity contribution in [2.24, 2.45) is 0 Å². The lowest BCUT2D eigenvalue weighted by molar-refractivity contribution is -0.146. The monoisotopic (exact) mass is 271 g/mol. The fourth-order valence-electron chi connectivity index (χ4n) is 2.64. The molecule has 19 heavy (non-hydrogen) atoms. The van der Waals surface area contributed by atoms with Crippen LogP contribution in [0.3, 0.4) is 0 Å². The van der Waals surface area contributed by atoms with Crippen molar-refractivity contribution in [2.45, 2.75) is 44.2 Å². The lowest BCUT2D eigenvalue weighted by Gasteiger charge is -2.35. The number of aliphatic carboxylic acids is 1. The van der Waals surface area contributed by atoms with Crippen LogP contribution in [0.2, 0.25) is 0 Å². The summed E-state index contributed by atoms with van der Waals surface area (Å²) < 4.78 is 10.7. The SMILES string of the molecule is O=C(O)CCN(C(=O)[C@H]1CCCO1)C1CCOCC1. The molecule has 0 unspecified atom stereocenters. The number of ether oxygens (including phenoxy) is 2. The highest BCUT2D eigenvalue weighted by Gasteiger charge is 2.33. The molecular weight excluding hydrogens is 250 g/mol. The number of carboxylic acids is 1. The van der Waals surface area contributed by atoms with Gasteiger partial charge in [0, 0.05) is 32.4 Å². The molecule has 2 heterocycles. The molecule has 0 radical (unpaired) electrons. The third kappa shape index (κ3) is 3.91. The molecule has 0 aromatic carbocycles. The van der Waals surface area contributed by atoms with E-state index < -0.39 is 5.97 Å². The molecule has 0 spiro atoms. The van der Waals surface area contributed by atoms with Crippen LogP contribution in [-0.2, 0) is 19.1 Å². The van der Waals surface area contributed by atoms with Gasteiger partial charge in [0.25, 0.3) is 5.91 Å². The zero-order valence-corrected chi connectivity index (χ0v) is 11.0. The van der Waals surface area contributed by atoms with Crippen LogP contribution >= 0.6 is 0 Å². The fourth-order valence-corrected chi connectivity index (χ4v) is 2.64. The number of hydrogen-bond donors (Lipinski definition) is 1. The predicted octanol–water partition coefficient (Wildman–Crippen LogP) is 0.648. The van der Waals surface area contributed by atoms with E-state index in [0.717, 1.165) is 25.7 Å². The van der Waals surface area contributed by atoms with Crippen LogP contribution < -0.4 is 0 Å². The largest absolute Gasteiger partial charge is 0.481 e. The third-order valence-electron chi connectivity index (χ3n) is 3.69. The number of carboxylic acid groups (broad SMARTS) is 1. The first kappa shape index (κ1) is 14.3.